The van der Waals surface area contributed by atoms with E-state index in [1.807, 2.05) is 45.0 Å². The Balaban J connectivity index is 0.00000115. The van der Waals surface area contributed by atoms with Crippen LogP contribution >= 0.6 is 11.6 Å². The maximum atomic E-state index is 14.5. The first-order chi connectivity index (χ1) is 20.3. The lowest BCUT2D eigenvalue weighted by atomic mass is 9.94. The molecule has 0 fully saturated rings. The number of nitrogens with two attached hydrogens (primary N) is 1. The highest BCUT2D eigenvalue weighted by Crippen LogP contribution is 2.31. The number of allylic oxidation sites excluding steroid dienone is 1. The van der Waals surface area contributed by atoms with Crippen LogP contribution in [0.1, 0.15) is 82.0 Å². The molecule has 0 heterocycles. The number of alkyl halides is 5. The van der Waals surface area contributed by atoms with E-state index < -0.39 is 30.6 Å². The Morgan fingerprint density at radius 3 is 2.30 bits per heavy atom. The van der Waals surface area contributed by atoms with Gasteiger partial charge in [-0.2, -0.15) is 8.78 Å². The molecule has 2 aromatic carbocycles. The zero-order chi connectivity index (χ0) is 32.4. The second-order valence-electron chi connectivity index (χ2n) is 10.4. The van der Waals surface area contributed by atoms with E-state index in [0.717, 1.165) is 18.6 Å². The van der Waals surface area contributed by atoms with Gasteiger partial charge in [-0.05, 0) is 67.9 Å². The van der Waals surface area contributed by atoms with E-state index in [4.69, 9.17) is 17.3 Å². The molecule has 0 saturated heterocycles. The van der Waals surface area contributed by atoms with Crippen LogP contribution in [-0.2, 0) is 11.2 Å². The van der Waals surface area contributed by atoms with Gasteiger partial charge in [0, 0.05) is 25.1 Å². The van der Waals surface area contributed by atoms with Crippen LogP contribution in [0, 0.1) is 12.7 Å². The number of hydrogen-bond donors (Lipinski definition) is 2. The molecule has 0 aliphatic rings. The number of aliphatic imine (C=N–C) groups is 1. The number of carbonyl (C=O) groups is 1. The topological polar surface area (TPSA) is 67.5 Å². The summed E-state index contributed by atoms with van der Waals surface area (Å²) in [4.78, 5) is 17.1. The van der Waals surface area contributed by atoms with Gasteiger partial charge in [0.15, 0.2) is 0 Å². The van der Waals surface area contributed by atoms with Crippen LogP contribution in [-0.4, -0.2) is 42.4 Å². The van der Waals surface area contributed by atoms with Crippen molar-refractivity contribution in [2.24, 2.45) is 10.7 Å². The summed E-state index contributed by atoms with van der Waals surface area (Å²) in [6.07, 6.45) is 1.50. The van der Waals surface area contributed by atoms with Crippen LogP contribution in [0.15, 0.2) is 65.2 Å². The Morgan fingerprint density at radius 2 is 1.77 bits per heavy atom. The van der Waals surface area contributed by atoms with Crippen molar-refractivity contribution in [3.05, 3.63) is 82.7 Å². The number of benzene rings is 2. The van der Waals surface area contributed by atoms with Gasteiger partial charge in [-0.1, -0.05) is 68.8 Å². The summed E-state index contributed by atoms with van der Waals surface area (Å²) < 4.78 is 67.4. The minimum absolute atomic E-state index is 0.0252. The quantitative estimate of drug-likeness (QED) is 0.0844. The zero-order valence-electron chi connectivity index (χ0n) is 25.4. The molecule has 4 nitrogen and oxygen atoms in total. The summed E-state index contributed by atoms with van der Waals surface area (Å²) in [5.41, 5.74) is 7.71. The molecule has 2 aromatic rings. The molecular weight excluding hydrogens is 585 g/mol. The average molecular weight is 630 g/mol. The van der Waals surface area contributed by atoms with Crippen molar-refractivity contribution in [3.8, 4) is 0 Å². The Morgan fingerprint density at radius 1 is 1.09 bits per heavy atom. The monoisotopic (exact) mass is 629 g/mol. The van der Waals surface area contributed by atoms with Crippen molar-refractivity contribution in [1.29, 1.82) is 0 Å². The fourth-order valence-electron chi connectivity index (χ4n) is 4.09. The van der Waals surface area contributed by atoms with Crippen LogP contribution in [0.4, 0.5) is 22.0 Å². The highest BCUT2D eigenvalue weighted by atomic mass is 35.5. The molecule has 0 aliphatic heterocycles. The normalized spacial score (nSPS) is 14.3. The van der Waals surface area contributed by atoms with E-state index in [9.17, 15) is 26.7 Å². The minimum atomic E-state index is -4.32. The number of nitrogens with zero attached hydrogens (tertiary/aromatic N) is 1. The first-order valence-electron chi connectivity index (χ1n) is 14.7. The predicted molar refractivity (Wildman–Crippen MR) is 167 cm³/mol. The summed E-state index contributed by atoms with van der Waals surface area (Å²) in [5.74, 6) is -5.52. The van der Waals surface area contributed by atoms with E-state index in [0.29, 0.717) is 31.3 Å². The van der Waals surface area contributed by atoms with Gasteiger partial charge < -0.3 is 11.1 Å². The van der Waals surface area contributed by atoms with Crippen LogP contribution in [0.25, 0.3) is 0 Å². The Hall–Kier alpha value is -2.78. The zero-order valence-corrected chi connectivity index (χ0v) is 26.2. The van der Waals surface area contributed by atoms with Crippen LogP contribution in [0.2, 0.25) is 0 Å². The van der Waals surface area contributed by atoms with Crippen molar-refractivity contribution in [2.75, 3.05) is 6.54 Å². The summed E-state index contributed by atoms with van der Waals surface area (Å²) in [7, 11) is 0. The largest absolute Gasteiger partial charge is 0.345 e. The van der Waals surface area contributed by atoms with Crippen molar-refractivity contribution in [1.82, 2.24) is 5.32 Å². The molecule has 0 aromatic heterocycles. The van der Waals surface area contributed by atoms with Crippen molar-refractivity contribution < 1.29 is 26.7 Å². The molecule has 0 saturated carbocycles. The molecule has 1 amide bonds. The number of rotatable bonds is 16. The second-order valence-corrected chi connectivity index (χ2v) is 11.0. The lowest BCUT2D eigenvalue weighted by molar-refractivity contribution is -0.127. The number of carbonyl (C=O) groups excluding carboxylic acids is 1. The molecule has 3 atom stereocenters. The summed E-state index contributed by atoms with van der Waals surface area (Å²) >= 11 is 6.10. The smallest absolute Gasteiger partial charge is 0.311 e. The minimum Gasteiger partial charge on any atom is -0.345 e. The average Bonchev–Trinajstić information content (AvgIpc) is 2.95. The third-order valence-electron chi connectivity index (χ3n) is 6.59. The number of nitrogens with one attached hydrogen (secondary N) is 1. The molecule has 3 N–H and O–H groups in total. The predicted octanol–water partition coefficient (Wildman–Crippen LogP) is 8.75. The standard InChI is InChI=1S/C26H37ClF5N3O.C7H8/c1-4-8-18(15-34-16-20(27)5-2)24(35-23(36)10-7-9-22(33)6-3)19-11-17(12-21(28)13-19)14-26(31,32)25(29)30;1-7-5-3-2-4-6-7/h8,11-13,16,20,22,24-25H,4-7,9-10,14-15,33H2,1-3H3,(H,35,36);2-6H,1H3/b18-8+,34-16?;/t20?,22-,24+;/m0./s1. The number of hydrogen-bond acceptors (Lipinski definition) is 3. The van der Waals surface area contributed by atoms with Crippen molar-refractivity contribution >= 4 is 23.7 Å². The molecule has 43 heavy (non-hydrogen) atoms. The van der Waals surface area contributed by atoms with Crippen LogP contribution < -0.4 is 11.1 Å². The molecule has 0 spiro atoms. The maximum Gasteiger partial charge on any atom is 0.311 e. The van der Waals surface area contributed by atoms with E-state index in [2.05, 4.69) is 29.4 Å². The van der Waals surface area contributed by atoms with E-state index >= 15 is 0 Å². The van der Waals surface area contributed by atoms with Crippen molar-refractivity contribution in [2.45, 2.75) is 102 Å². The maximum absolute atomic E-state index is 14.5. The van der Waals surface area contributed by atoms with Gasteiger partial charge in [0.05, 0.1) is 18.0 Å². The first kappa shape index (κ1) is 38.2. The third-order valence-corrected chi connectivity index (χ3v) is 7.01. The Kier molecular flexibility index (Phi) is 18.0. The molecule has 10 heteroatoms. The molecule has 0 bridgehead atoms. The lowest BCUT2D eigenvalue weighted by Crippen LogP contribution is -2.32. The summed E-state index contributed by atoms with van der Waals surface area (Å²) in [6.45, 7) is 7.92. The molecule has 0 radical (unpaired) electrons. The summed E-state index contributed by atoms with van der Waals surface area (Å²) in [5, 5.41) is 2.55. The van der Waals surface area contributed by atoms with Gasteiger partial charge in [-0.15, -0.1) is 11.6 Å². The third kappa shape index (κ3) is 15.5. The summed E-state index contributed by atoms with van der Waals surface area (Å²) in [6, 6.07) is 12.5. The number of amides is 1. The Labute approximate surface area is 258 Å². The lowest BCUT2D eigenvalue weighted by Gasteiger charge is -2.24. The van der Waals surface area contributed by atoms with Gasteiger partial charge in [0.25, 0.3) is 0 Å². The molecule has 240 valence electrons. The molecular formula is C33H45ClF5N3O. The molecule has 2 rings (SSSR count). The van der Waals surface area contributed by atoms with Gasteiger partial charge in [0.1, 0.15) is 5.82 Å². The highest BCUT2D eigenvalue weighted by Gasteiger charge is 2.40. The van der Waals surface area contributed by atoms with E-state index in [-0.39, 0.29) is 41.4 Å². The van der Waals surface area contributed by atoms with Gasteiger partial charge in [0.2, 0.25) is 5.91 Å². The van der Waals surface area contributed by atoms with Crippen LogP contribution in [0.5, 0.6) is 0 Å². The fraction of sp³-hybridized carbons (Fsp3) is 0.515. The SMILES string of the molecule is CC/C=C(\CN=CC(Cl)CC)[C@@H](NC(=O)CCC[C@@H](N)CC)c1cc(F)cc(CC(F)(F)C(F)F)c1.Cc1ccccc1. The van der Waals surface area contributed by atoms with Crippen molar-refractivity contribution in [3.63, 3.8) is 0 Å². The first-order valence-corrected chi connectivity index (χ1v) is 15.1. The van der Waals surface area contributed by atoms with Gasteiger partial charge in [-0.3, -0.25) is 9.79 Å². The van der Waals surface area contributed by atoms with E-state index in [1.165, 1.54) is 11.6 Å². The Bertz CT molecular complexity index is 1140. The second kappa shape index (κ2) is 20.2. The number of aryl methyl sites for hydroxylation is 1. The molecule has 0 aliphatic carbocycles. The molecule has 1 unspecified atom stereocenters. The van der Waals surface area contributed by atoms with Gasteiger partial charge >= 0.3 is 12.3 Å². The van der Waals surface area contributed by atoms with E-state index in [1.54, 1.807) is 6.21 Å². The van der Waals surface area contributed by atoms with Crippen LogP contribution in [0.3, 0.4) is 0 Å². The highest BCUT2D eigenvalue weighted by molar-refractivity contribution is 6.28. The number of halogens is 6. The fourth-order valence-corrected chi connectivity index (χ4v) is 4.17. The van der Waals surface area contributed by atoms with Gasteiger partial charge in [-0.25, -0.2) is 13.2 Å².